The minimum absolute atomic E-state index is 0.629. The van der Waals surface area contributed by atoms with Crippen molar-refractivity contribution in [3.05, 3.63) is 53.6 Å². The summed E-state index contributed by atoms with van der Waals surface area (Å²) in [5.74, 6) is 1.56. The molecule has 1 aromatic heterocycles. The second kappa shape index (κ2) is 5.03. The summed E-state index contributed by atoms with van der Waals surface area (Å²) < 4.78 is 11.4. The number of pyridine rings is 1. The summed E-state index contributed by atoms with van der Waals surface area (Å²) in [5, 5.41) is 4.92. The molecule has 0 saturated heterocycles. The highest BCUT2D eigenvalue weighted by molar-refractivity contribution is 6.35. The lowest BCUT2D eigenvalue weighted by Gasteiger charge is -2.16. The Morgan fingerprint density at radius 2 is 1.83 bits per heavy atom. The third kappa shape index (κ3) is 2.66. The number of hydrogen-bond donors (Lipinski definition) is 1. The highest BCUT2D eigenvalue weighted by Gasteiger charge is 2.31. The molecular formula is C18H15ClN2O2. The summed E-state index contributed by atoms with van der Waals surface area (Å²) in [6, 6.07) is 15.4. The van der Waals surface area contributed by atoms with E-state index in [0.717, 1.165) is 33.9 Å². The molecule has 0 bridgehead atoms. The molecular weight excluding hydrogens is 312 g/mol. The van der Waals surface area contributed by atoms with Gasteiger partial charge in [-0.15, -0.1) is 0 Å². The average Bonchev–Trinajstić information content (AvgIpc) is 2.81. The van der Waals surface area contributed by atoms with E-state index < -0.39 is 5.79 Å². The van der Waals surface area contributed by atoms with Crippen molar-refractivity contribution in [1.29, 1.82) is 0 Å². The lowest BCUT2D eigenvalue weighted by atomic mass is 10.2. The quantitative estimate of drug-likeness (QED) is 0.708. The van der Waals surface area contributed by atoms with E-state index in [9.17, 15) is 0 Å². The first-order chi connectivity index (χ1) is 11.0. The molecule has 0 fully saturated rings. The third-order valence-electron chi connectivity index (χ3n) is 3.60. The first kappa shape index (κ1) is 14.2. The molecule has 2 heterocycles. The van der Waals surface area contributed by atoms with Crippen molar-refractivity contribution in [2.75, 3.05) is 5.32 Å². The summed E-state index contributed by atoms with van der Waals surface area (Å²) in [4.78, 5) is 4.58. The monoisotopic (exact) mass is 326 g/mol. The highest BCUT2D eigenvalue weighted by Crippen LogP contribution is 2.41. The van der Waals surface area contributed by atoms with Gasteiger partial charge in [0.1, 0.15) is 5.82 Å². The number of hydrogen-bond acceptors (Lipinski definition) is 4. The van der Waals surface area contributed by atoms with Gasteiger partial charge in [-0.1, -0.05) is 23.7 Å². The molecule has 3 aromatic rings. The Hall–Kier alpha value is -2.46. The second-order valence-electron chi connectivity index (χ2n) is 5.90. The number of ether oxygens (including phenoxy) is 2. The van der Waals surface area contributed by atoms with Crippen molar-refractivity contribution < 1.29 is 9.47 Å². The zero-order valence-electron chi connectivity index (χ0n) is 12.8. The van der Waals surface area contributed by atoms with Crippen LogP contribution in [-0.4, -0.2) is 10.8 Å². The van der Waals surface area contributed by atoms with Gasteiger partial charge in [0.2, 0.25) is 5.79 Å². The van der Waals surface area contributed by atoms with E-state index in [-0.39, 0.29) is 0 Å². The van der Waals surface area contributed by atoms with Gasteiger partial charge in [-0.2, -0.15) is 0 Å². The second-order valence-corrected chi connectivity index (χ2v) is 6.31. The fourth-order valence-electron chi connectivity index (χ4n) is 2.63. The summed E-state index contributed by atoms with van der Waals surface area (Å²) in [5.41, 5.74) is 1.66. The van der Waals surface area contributed by atoms with Gasteiger partial charge in [0.05, 0.1) is 10.5 Å². The van der Waals surface area contributed by atoms with Gasteiger partial charge in [-0.3, -0.25) is 0 Å². The van der Waals surface area contributed by atoms with Gasteiger partial charge in [0, 0.05) is 31.0 Å². The summed E-state index contributed by atoms with van der Waals surface area (Å²) in [7, 11) is 0. The molecule has 0 radical (unpaired) electrons. The van der Waals surface area contributed by atoms with Gasteiger partial charge in [-0.25, -0.2) is 4.98 Å². The van der Waals surface area contributed by atoms with Crippen LogP contribution in [0.5, 0.6) is 11.5 Å². The molecule has 0 atom stereocenters. The van der Waals surface area contributed by atoms with E-state index in [1.165, 1.54) is 0 Å². The standard InChI is InChI=1S/C18H15ClN2O2/c1-18(2)22-14-8-7-12(10-15(14)23-18)20-16-9-6-11-4-3-5-13(19)17(11)21-16/h3-10H,1-2H3,(H,20,21). The minimum Gasteiger partial charge on any atom is -0.449 e. The van der Waals surface area contributed by atoms with E-state index in [1.807, 2.05) is 62.4 Å². The molecule has 0 spiro atoms. The fourth-order valence-corrected chi connectivity index (χ4v) is 2.85. The van der Waals surface area contributed by atoms with Gasteiger partial charge < -0.3 is 14.8 Å². The third-order valence-corrected chi connectivity index (χ3v) is 3.90. The first-order valence-corrected chi connectivity index (χ1v) is 7.72. The number of benzene rings is 2. The molecule has 0 amide bonds. The maximum atomic E-state index is 6.21. The van der Waals surface area contributed by atoms with Crippen molar-refractivity contribution >= 4 is 34.0 Å². The van der Waals surface area contributed by atoms with Crippen molar-refractivity contribution in [2.24, 2.45) is 0 Å². The maximum absolute atomic E-state index is 6.21. The molecule has 0 unspecified atom stereocenters. The molecule has 2 aromatic carbocycles. The topological polar surface area (TPSA) is 43.4 Å². The van der Waals surface area contributed by atoms with Crippen LogP contribution in [0.3, 0.4) is 0 Å². The van der Waals surface area contributed by atoms with Crippen molar-refractivity contribution in [2.45, 2.75) is 19.6 Å². The van der Waals surface area contributed by atoms with Crippen LogP contribution in [0.15, 0.2) is 48.5 Å². The van der Waals surface area contributed by atoms with Gasteiger partial charge in [0.25, 0.3) is 0 Å². The Kier molecular flexibility index (Phi) is 3.10. The lowest BCUT2D eigenvalue weighted by Crippen LogP contribution is -2.29. The molecule has 0 aliphatic carbocycles. The summed E-state index contributed by atoms with van der Waals surface area (Å²) in [6.07, 6.45) is 0. The zero-order chi connectivity index (χ0) is 16.0. The van der Waals surface area contributed by atoms with E-state index in [4.69, 9.17) is 21.1 Å². The van der Waals surface area contributed by atoms with Crippen LogP contribution in [0.1, 0.15) is 13.8 Å². The Morgan fingerprint density at radius 1 is 1.00 bits per heavy atom. The van der Waals surface area contributed by atoms with Crippen LogP contribution in [0.25, 0.3) is 10.9 Å². The van der Waals surface area contributed by atoms with E-state index in [1.54, 1.807) is 0 Å². The number of nitrogens with one attached hydrogen (secondary N) is 1. The Labute approximate surface area is 139 Å². The van der Waals surface area contributed by atoms with Crippen LogP contribution in [0.4, 0.5) is 11.5 Å². The fraction of sp³-hybridized carbons (Fsp3) is 0.167. The Morgan fingerprint density at radius 3 is 2.70 bits per heavy atom. The molecule has 116 valence electrons. The number of rotatable bonds is 2. The smallest absolute Gasteiger partial charge is 0.246 e. The van der Waals surface area contributed by atoms with Gasteiger partial charge in [-0.05, 0) is 30.3 Å². The molecule has 23 heavy (non-hydrogen) atoms. The largest absolute Gasteiger partial charge is 0.449 e. The van der Waals surface area contributed by atoms with Crippen LogP contribution in [0, 0.1) is 0 Å². The predicted octanol–water partition coefficient (Wildman–Crippen LogP) is 5.14. The number of halogens is 1. The van der Waals surface area contributed by atoms with Crippen LogP contribution < -0.4 is 14.8 Å². The molecule has 1 aliphatic rings. The molecule has 1 aliphatic heterocycles. The van der Waals surface area contributed by atoms with Crippen molar-refractivity contribution in [1.82, 2.24) is 4.98 Å². The van der Waals surface area contributed by atoms with E-state index in [2.05, 4.69) is 10.3 Å². The minimum atomic E-state index is -0.629. The molecule has 0 saturated carbocycles. The van der Waals surface area contributed by atoms with Crippen LogP contribution >= 0.6 is 11.6 Å². The van der Waals surface area contributed by atoms with Crippen molar-refractivity contribution in [3.63, 3.8) is 0 Å². The molecule has 4 nitrogen and oxygen atoms in total. The Bertz CT molecular complexity index is 909. The summed E-state index contributed by atoms with van der Waals surface area (Å²) in [6.45, 7) is 3.76. The predicted molar refractivity (Wildman–Crippen MR) is 91.8 cm³/mol. The van der Waals surface area contributed by atoms with Gasteiger partial charge in [0.15, 0.2) is 11.5 Å². The number of para-hydroxylation sites is 1. The van der Waals surface area contributed by atoms with E-state index >= 15 is 0 Å². The summed E-state index contributed by atoms with van der Waals surface area (Å²) >= 11 is 6.21. The van der Waals surface area contributed by atoms with Crippen LogP contribution in [0.2, 0.25) is 5.02 Å². The SMILES string of the molecule is CC1(C)Oc2ccc(Nc3ccc4cccc(Cl)c4n3)cc2O1. The molecule has 4 rings (SSSR count). The van der Waals surface area contributed by atoms with Crippen molar-refractivity contribution in [3.8, 4) is 11.5 Å². The highest BCUT2D eigenvalue weighted by atomic mass is 35.5. The molecule has 1 N–H and O–H groups in total. The lowest BCUT2D eigenvalue weighted by molar-refractivity contribution is -0.0431. The number of aromatic nitrogens is 1. The average molecular weight is 327 g/mol. The van der Waals surface area contributed by atoms with Gasteiger partial charge >= 0.3 is 0 Å². The normalized spacial score (nSPS) is 14.9. The van der Waals surface area contributed by atoms with E-state index in [0.29, 0.717) is 5.02 Å². The number of anilines is 2. The Balaban J connectivity index is 1.65. The maximum Gasteiger partial charge on any atom is 0.246 e. The zero-order valence-corrected chi connectivity index (χ0v) is 13.5. The number of fused-ring (bicyclic) bond motifs is 2. The molecule has 5 heteroatoms. The number of nitrogens with zero attached hydrogens (tertiary/aromatic N) is 1. The van der Waals surface area contributed by atoms with Crippen LogP contribution in [-0.2, 0) is 0 Å². The first-order valence-electron chi connectivity index (χ1n) is 7.35.